The average Bonchev–Trinajstić information content (AvgIpc) is 3.17. The van der Waals surface area contributed by atoms with Crippen molar-refractivity contribution in [3.63, 3.8) is 0 Å². The molecule has 1 amide bonds. The number of aromatic nitrogens is 3. The third-order valence-electron chi connectivity index (χ3n) is 3.93. The lowest BCUT2D eigenvalue weighted by Gasteiger charge is -2.11. The van der Waals surface area contributed by atoms with Crippen molar-refractivity contribution in [3.05, 3.63) is 66.2 Å². The van der Waals surface area contributed by atoms with Gasteiger partial charge in [0.05, 0.1) is 26.9 Å². The topological polar surface area (TPSA) is 98.5 Å². The number of amides is 1. The van der Waals surface area contributed by atoms with Gasteiger partial charge in [-0.25, -0.2) is 9.67 Å². The molecule has 0 saturated carbocycles. The summed E-state index contributed by atoms with van der Waals surface area (Å²) < 4.78 is 11.6. The summed E-state index contributed by atoms with van der Waals surface area (Å²) in [6.45, 7) is 0.172. The Balaban J connectivity index is 1.63. The van der Waals surface area contributed by atoms with Crippen LogP contribution in [0.5, 0.6) is 11.5 Å². The van der Waals surface area contributed by atoms with Crippen LogP contribution in [0.15, 0.2) is 54.9 Å². The van der Waals surface area contributed by atoms with E-state index >= 15 is 0 Å². The highest BCUT2D eigenvalue weighted by atomic mass is 16.5. The molecule has 1 heterocycles. The number of anilines is 1. The van der Waals surface area contributed by atoms with E-state index in [1.165, 1.54) is 11.0 Å². The highest BCUT2D eigenvalue weighted by Crippen LogP contribution is 2.19. The summed E-state index contributed by atoms with van der Waals surface area (Å²) in [7, 11) is 3.14. The van der Waals surface area contributed by atoms with E-state index in [0.29, 0.717) is 22.7 Å². The van der Waals surface area contributed by atoms with Gasteiger partial charge in [0, 0.05) is 11.8 Å². The van der Waals surface area contributed by atoms with Crippen LogP contribution in [-0.2, 0) is 6.54 Å². The molecule has 2 N–H and O–H groups in total. The summed E-state index contributed by atoms with van der Waals surface area (Å²) in [5, 5.41) is 17.2. The third-order valence-corrected chi connectivity index (χ3v) is 3.93. The molecule has 140 valence electrons. The van der Waals surface area contributed by atoms with E-state index in [4.69, 9.17) is 9.47 Å². The molecule has 0 aliphatic heterocycles. The fourth-order valence-electron chi connectivity index (χ4n) is 2.48. The van der Waals surface area contributed by atoms with E-state index in [-0.39, 0.29) is 12.4 Å². The van der Waals surface area contributed by atoms with E-state index in [2.05, 4.69) is 15.4 Å². The van der Waals surface area contributed by atoms with Gasteiger partial charge in [0.15, 0.2) is 0 Å². The Morgan fingerprint density at radius 3 is 2.59 bits per heavy atom. The molecule has 3 rings (SSSR count). The molecule has 2 aromatic carbocycles. The van der Waals surface area contributed by atoms with Crippen molar-refractivity contribution < 1.29 is 19.4 Å². The van der Waals surface area contributed by atoms with Crippen LogP contribution >= 0.6 is 0 Å². The Morgan fingerprint density at radius 2 is 1.89 bits per heavy atom. The Hall–Kier alpha value is -3.39. The second kappa shape index (κ2) is 8.33. The average molecular weight is 368 g/mol. The maximum atomic E-state index is 12.3. The second-order valence-electron chi connectivity index (χ2n) is 5.77. The molecule has 0 aliphatic carbocycles. The molecule has 0 bridgehead atoms. The number of aliphatic hydroxyl groups excluding tert-OH is 1. The Kier molecular flexibility index (Phi) is 5.68. The number of hydrogen-bond acceptors (Lipinski definition) is 6. The first-order valence-electron chi connectivity index (χ1n) is 8.26. The molecular formula is C19H20N4O4. The predicted molar refractivity (Wildman–Crippen MR) is 98.9 cm³/mol. The third kappa shape index (κ3) is 4.62. The molecule has 0 aliphatic rings. The lowest BCUT2D eigenvalue weighted by molar-refractivity contribution is 0.101. The molecule has 0 saturated heterocycles. The van der Waals surface area contributed by atoms with Gasteiger partial charge in [-0.2, -0.15) is 0 Å². The van der Waals surface area contributed by atoms with Crippen molar-refractivity contribution in [2.24, 2.45) is 0 Å². The van der Waals surface area contributed by atoms with Gasteiger partial charge >= 0.3 is 0 Å². The fourth-order valence-corrected chi connectivity index (χ4v) is 2.48. The van der Waals surface area contributed by atoms with Gasteiger partial charge in [0.1, 0.15) is 17.8 Å². The fraction of sp³-hybridized carbons (Fsp3) is 0.211. The number of hydrogen-bond donors (Lipinski definition) is 2. The number of benzene rings is 2. The molecule has 3 aromatic rings. The Morgan fingerprint density at radius 1 is 1.15 bits per heavy atom. The minimum atomic E-state index is -0.785. The van der Waals surface area contributed by atoms with Crippen molar-refractivity contribution in [2.45, 2.75) is 12.6 Å². The standard InChI is InChI=1S/C19H20N4O4/c1-26-15-8-6-13(7-9-15)17(24)11-23-12-20-18(22-23)19(25)21-14-4-3-5-16(10-14)27-2/h3-10,12,17,24H,11H2,1-2H3,(H,21,25). The Bertz CT molecular complexity index is 908. The van der Waals surface area contributed by atoms with Gasteiger partial charge in [-0.1, -0.05) is 18.2 Å². The number of nitrogens with one attached hydrogen (secondary N) is 1. The first-order chi connectivity index (χ1) is 13.1. The number of ether oxygens (including phenoxy) is 2. The smallest absolute Gasteiger partial charge is 0.295 e. The van der Waals surface area contributed by atoms with Crippen LogP contribution in [0, 0.1) is 0 Å². The van der Waals surface area contributed by atoms with Crippen molar-refractivity contribution in [1.82, 2.24) is 14.8 Å². The highest BCUT2D eigenvalue weighted by molar-refractivity contribution is 6.01. The summed E-state index contributed by atoms with van der Waals surface area (Å²) in [5.74, 6) is 0.915. The predicted octanol–water partition coefficient (Wildman–Crippen LogP) is 2.28. The van der Waals surface area contributed by atoms with E-state index in [1.807, 2.05) is 0 Å². The molecular weight excluding hydrogens is 348 g/mol. The molecule has 0 fully saturated rings. The van der Waals surface area contributed by atoms with Crippen molar-refractivity contribution in [2.75, 3.05) is 19.5 Å². The van der Waals surface area contributed by atoms with Gasteiger partial charge in [-0.3, -0.25) is 4.79 Å². The maximum Gasteiger partial charge on any atom is 0.295 e. The first-order valence-corrected chi connectivity index (χ1v) is 8.26. The van der Waals surface area contributed by atoms with Gasteiger partial charge < -0.3 is 19.9 Å². The molecule has 1 atom stereocenters. The van der Waals surface area contributed by atoms with E-state index in [9.17, 15) is 9.90 Å². The zero-order chi connectivity index (χ0) is 19.2. The first kappa shape index (κ1) is 18.4. The minimum absolute atomic E-state index is 0.0137. The zero-order valence-corrected chi connectivity index (χ0v) is 15.0. The van der Waals surface area contributed by atoms with Crippen molar-refractivity contribution >= 4 is 11.6 Å². The van der Waals surface area contributed by atoms with E-state index < -0.39 is 12.0 Å². The molecule has 1 aromatic heterocycles. The van der Waals surface area contributed by atoms with Crippen LogP contribution in [0.1, 0.15) is 22.3 Å². The van der Waals surface area contributed by atoms with Crippen LogP contribution in [0.3, 0.4) is 0 Å². The van der Waals surface area contributed by atoms with Gasteiger partial charge in [0.2, 0.25) is 5.82 Å². The summed E-state index contributed by atoms with van der Waals surface area (Å²) in [6, 6.07) is 14.1. The number of rotatable bonds is 7. The molecule has 1 unspecified atom stereocenters. The second-order valence-corrected chi connectivity index (χ2v) is 5.77. The molecule has 0 spiro atoms. The van der Waals surface area contributed by atoms with Gasteiger partial charge in [-0.05, 0) is 29.8 Å². The van der Waals surface area contributed by atoms with Crippen LogP contribution < -0.4 is 14.8 Å². The molecule has 27 heavy (non-hydrogen) atoms. The lowest BCUT2D eigenvalue weighted by atomic mass is 10.1. The molecule has 8 heteroatoms. The maximum absolute atomic E-state index is 12.3. The lowest BCUT2D eigenvalue weighted by Crippen LogP contribution is -2.15. The monoisotopic (exact) mass is 368 g/mol. The van der Waals surface area contributed by atoms with Crippen molar-refractivity contribution in [3.8, 4) is 11.5 Å². The SMILES string of the molecule is COc1ccc(C(O)Cn2cnc(C(=O)Nc3cccc(OC)c3)n2)cc1. The summed E-state index contributed by atoms with van der Waals surface area (Å²) in [5.41, 5.74) is 1.29. The van der Waals surface area contributed by atoms with Gasteiger partial charge in [-0.15, -0.1) is 5.10 Å². The summed E-state index contributed by atoms with van der Waals surface area (Å²) in [6.07, 6.45) is 0.625. The highest BCUT2D eigenvalue weighted by Gasteiger charge is 2.15. The Labute approximate surface area is 156 Å². The normalized spacial score (nSPS) is 11.7. The largest absolute Gasteiger partial charge is 0.497 e. The minimum Gasteiger partial charge on any atom is -0.497 e. The number of nitrogens with zero attached hydrogens (tertiary/aromatic N) is 3. The number of carbonyl (C=O) groups excluding carboxylic acids is 1. The summed E-state index contributed by atoms with van der Waals surface area (Å²) in [4.78, 5) is 16.3. The van der Waals surface area contributed by atoms with E-state index in [1.54, 1.807) is 62.8 Å². The van der Waals surface area contributed by atoms with Crippen LogP contribution in [0.4, 0.5) is 5.69 Å². The quantitative estimate of drug-likeness (QED) is 0.664. The molecule has 8 nitrogen and oxygen atoms in total. The van der Waals surface area contributed by atoms with Gasteiger partial charge in [0.25, 0.3) is 5.91 Å². The van der Waals surface area contributed by atoms with Crippen LogP contribution in [0.2, 0.25) is 0 Å². The zero-order valence-electron chi connectivity index (χ0n) is 15.0. The number of methoxy groups -OCH3 is 2. The van der Waals surface area contributed by atoms with Crippen LogP contribution in [-0.4, -0.2) is 40.0 Å². The van der Waals surface area contributed by atoms with E-state index in [0.717, 1.165) is 0 Å². The van der Waals surface area contributed by atoms with Crippen molar-refractivity contribution in [1.29, 1.82) is 0 Å². The number of carbonyl (C=O) groups is 1. The number of aliphatic hydroxyl groups is 1. The van der Waals surface area contributed by atoms with Crippen LogP contribution in [0.25, 0.3) is 0 Å². The summed E-state index contributed by atoms with van der Waals surface area (Å²) >= 11 is 0. The molecule has 0 radical (unpaired) electrons.